The van der Waals surface area contributed by atoms with Gasteiger partial charge < -0.3 is 14.7 Å². The number of halogens is 2. The highest BCUT2D eigenvalue weighted by Crippen LogP contribution is 2.20. The van der Waals surface area contributed by atoms with E-state index in [1.165, 1.54) is 12.1 Å². The second-order valence-electron chi connectivity index (χ2n) is 4.39. The predicted molar refractivity (Wildman–Crippen MR) is 68.5 cm³/mol. The Morgan fingerprint density at radius 2 is 2.37 bits per heavy atom. The lowest BCUT2D eigenvalue weighted by molar-refractivity contribution is -0.139. The van der Waals surface area contributed by atoms with Crippen LogP contribution in [0.2, 0.25) is 5.02 Å². The maximum Gasteiger partial charge on any atom is 0.227 e. The van der Waals surface area contributed by atoms with Gasteiger partial charge in [-0.15, -0.1) is 0 Å². The minimum absolute atomic E-state index is 0.0797. The summed E-state index contributed by atoms with van der Waals surface area (Å²) >= 11 is 5.89. The molecule has 1 heterocycles. The molecular weight excluding hydrogens is 273 g/mol. The third-order valence-corrected chi connectivity index (χ3v) is 3.44. The molecule has 1 fully saturated rings. The van der Waals surface area contributed by atoms with Crippen LogP contribution < -0.4 is 0 Å². The first-order chi connectivity index (χ1) is 9.11. The van der Waals surface area contributed by atoms with Gasteiger partial charge in [0.2, 0.25) is 5.91 Å². The van der Waals surface area contributed by atoms with Crippen LogP contribution in [0.15, 0.2) is 18.2 Å². The molecule has 1 aromatic rings. The average molecular weight is 288 g/mol. The van der Waals surface area contributed by atoms with Crippen LogP contribution in [0, 0.1) is 5.82 Å². The van der Waals surface area contributed by atoms with Crippen LogP contribution in [-0.2, 0) is 16.0 Å². The zero-order valence-corrected chi connectivity index (χ0v) is 11.1. The van der Waals surface area contributed by atoms with Crippen molar-refractivity contribution in [2.24, 2.45) is 0 Å². The highest BCUT2D eigenvalue weighted by molar-refractivity contribution is 6.31. The standard InChI is InChI=1S/C13H15ClFNO3/c14-11-2-1-3-12(15)10(11)6-13(18)16-4-5-19-9(7-16)8-17/h1-3,9,17H,4-8H2. The monoisotopic (exact) mass is 287 g/mol. The number of hydrogen-bond donors (Lipinski definition) is 1. The quantitative estimate of drug-likeness (QED) is 0.910. The molecule has 1 unspecified atom stereocenters. The van der Waals surface area contributed by atoms with E-state index in [0.717, 1.165) is 0 Å². The van der Waals surface area contributed by atoms with Gasteiger partial charge in [-0.1, -0.05) is 17.7 Å². The van der Waals surface area contributed by atoms with E-state index in [9.17, 15) is 9.18 Å². The lowest BCUT2D eigenvalue weighted by atomic mass is 10.1. The minimum atomic E-state index is -0.479. The molecule has 4 nitrogen and oxygen atoms in total. The number of hydrogen-bond acceptors (Lipinski definition) is 3. The summed E-state index contributed by atoms with van der Waals surface area (Å²) in [6, 6.07) is 4.34. The molecule has 1 amide bonds. The van der Waals surface area contributed by atoms with Gasteiger partial charge in [0, 0.05) is 23.7 Å². The van der Waals surface area contributed by atoms with Gasteiger partial charge in [-0.2, -0.15) is 0 Å². The maximum absolute atomic E-state index is 13.6. The fourth-order valence-electron chi connectivity index (χ4n) is 2.02. The van der Waals surface area contributed by atoms with Crippen LogP contribution in [0.3, 0.4) is 0 Å². The molecule has 0 saturated carbocycles. The van der Waals surface area contributed by atoms with Crippen LogP contribution in [0.4, 0.5) is 4.39 Å². The maximum atomic E-state index is 13.6. The van der Waals surface area contributed by atoms with E-state index < -0.39 is 5.82 Å². The molecule has 0 aliphatic carbocycles. The topological polar surface area (TPSA) is 49.8 Å². The van der Waals surface area contributed by atoms with E-state index in [1.54, 1.807) is 11.0 Å². The summed E-state index contributed by atoms with van der Waals surface area (Å²) in [5.41, 5.74) is 0.209. The van der Waals surface area contributed by atoms with Gasteiger partial charge >= 0.3 is 0 Å². The normalized spacial score (nSPS) is 19.5. The molecule has 104 valence electrons. The zero-order valence-electron chi connectivity index (χ0n) is 10.3. The molecule has 1 saturated heterocycles. The number of carbonyl (C=O) groups excluding carboxylic acids is 1. The second kappa shape index (κ2) is 6.32. The van der Waals surface area contributed by atoms with Crippen molar-refractivity contribution in [2.45, 2.75) is 12.5 Å². The predicted octanol–water partition coefficient (Wildman–Crippen LogP) is 1.24. The minimum Gasteiger partial charge on any atom is -0.394 e. The first-order valence-corrected chi connectivity index (χ1v) is 6.42. The van der Waals surface area contributed by atoms with Crippen molar-refractivity contribution in [2.75, 3.05) is 26.3 Å². The van der Waals surface area contributed by atoms with Crippen molar-refractivity contribution in [3.63, 3.8) is 0 Å². The third kappa shape index (κ3) is 3.43. The Morgan fingerprint density at radius 3 is 3.05 bits per heavy atom. The van der Waals surface area contributed by atoms with E-state index in [2.05, 4.69) is 0 Å². The Labute approximate surface area is 115 Å². The summed E-state index contributed by atoms with van der Waals surface area (Å²) in [5, 5.41) is 9.27. The summed E-state index contributed by atoms with van der Waals surface area (Å²) in [5.74, 6) is -0.693. The van der Waals surface area contributed by atoms with Gasteiger partial charge in [0.1, 0.15) is 5.82 Å². The number of nitrogens with zero attached hydrogens (tertiary/aromatic N) is 1. The fourth-order valence-corrected chi connectivity index (χ4v) is 2.25. The number of rotatable bonds is 3. The highest BCUT2D eigenvalue weighted by Gasteiger charge is 2.24. The van der Waals surface area contributed by atoms with Gasteiger partial charge in [-0.3, -0.25) is 4.79 Å². The molecule has 0 bridgehead atoms. The van der Waals surface area contributed by atoms with E-state index in [0.29, 0.717) is 19.7 Å². The number of morpholine rings is 1. The average Bonchev–Trinajstić information content (AvgIpc) is 2.43. The first kappa shape index (κ1) is 14.2. The second-order valence-corrected chi connectivity index (χ2v) is 4.80. The Morgan fingerprint density at radius 1 is 1.58 bits per heavy atom. The molecule has 1 N–H and O–H groups in total. The largest absolute Gasteiger partial charge is 0.394 e. The zero-order chi connectivity index (χ0) is 13.8. The fraction of sp³-hybridized carbons (Fsp3) is 0.462. The summed E-state index contributed by atoms with van der Waals surface area (Å²) < 4.78 is 18.9. The van der Waals surface area contributed by atoms with Crippen molar-refractivity contribution in [3.8, 4) is 0 Å². The molecule has 1 aromatic carbocycles. The molecule has 1 atom stereocenters. The van der Waals surface area contributed by atoms with E-state index in [1.807, 2.05) is 0 Å². The van der Waals surface area contributed by atoms with Crippen molar-refractivity contribution < 1.29 is 19.0 Å². The number of aliphatic hydroxyl groups is 1. The van der Waals surface area contributed by atoms with Gasteiger partial charge in [0.15, 0.2) is 0 Å². The van der Waals surface area contributed by atoms with E-state index >= 15 is 0 Å². The van der Waals surface area contributed by atoms with Crippen LogP contribution in [0.1, 0.15) is 5.56 Å². The SMILES string of the molecule is O=C(Cc1c(F)cccc1Cl)N1CCOC(CO)C1. The van der Waals surface area contributed by atoms with Crippen molar-refractivity contribution in [1.82, 2.24) is 4.90 Å². The summed E-state index contributed by atoms with van der Waals surface area (Å²) in [7, 11) is 0. The van der Waals surface area contributed by atoms with Crippen molar-refractivity contribution in [3.05, 3.63) is 34.6 Å². The summed E-state index contributed by atoms with van der Waals surface area (Å²) in [6.45, 7) is 1.01. The molecule has 0 radical (unpaired) electrons. The summed E-state index contributed by atoms with van der Waals surface area (Å²) in [4.78, 5) is 13.7. The number of carbonyl (C=O) groups is 1. The van der Waals surface area contributed by atoms with Crippen LogP contribution in [-0.4, -0.2) is 48.3 Å². The third-order valence-electron chi connectivity index (χ3n) is 3.08. The molecule has 1 aliphatic heterocycles. The molecule has 1 aliphatic rings. The van der Waals surface area contributed by atoms with Crippen molar-refractivity contribution in [1.29, 1.82) is 0 Å². The first-order valence-electron chi connectivity index (χ1n) is 6.05. The smallest absolute Gasteiger partial charge is 0.227 e. The molecular formula is C13H15ClFNO3. The van der Waals surface area contributed by atoms with E-state index in [4.69, 9.17) is 21.4 Å². The van der Waals surface area contributed by atoms with Gasteiger partial charge in [-0.05, 0) is 12.1 Å². The van der Waals surface area contributed by atoms with Crippen LogP contribution in [0.25, 0.3) is 0 Å². The molecule has 2 rings (SSSR count). The van der Waals surface area contributed by atoms with Crippen molar-refractivity contribution >= 4 is 17.5 Å². The lowest BCUT2D eigenvalue weighted by Gasteiger charge is -2.32. The number of ether oxygens (including phenoxy) is 1. The van der Waals surface area contributed by atoms with Crippen LogP contribution >= 0.6 is 11.6 Å². The molecule has 6 heteroatoms. The Kier molecular flexibility index (Phi) is 4.74. The highest BCUT2D eigenvalue weighted by atomic mass is 35.5. The van der Waals surface area contributed by atoms with Gasteiger partial charge in [-0.25, -0.2) is 4.39 Å². The molecule has 0 spiro atoms. The molecule has 19 heavy (non-hydrogen) atoms. The Balaban J connectivity index is 2.04. The molecule has 0 aromatic heterocycles. The Bertz CT molecular complexity index is 449. The number of aliphatic hydroxyl groups excluding tert-OH is 1. The van der Waals surface area contributed by atoms with Crippen LogP contribution in [0.5, 0.6) is 0 Å². The summed E-state index contributed by atoms with van der Waals surface area (Å²) in [6.07, 6.45) is -0.447. The van der Waals surface area contributed by atoms with Gasteiger partial charge in [0.05, 0.1) is 25.7 Å². The lowest BCUT2D eigenvalue weighted by Crippen LogP contribution is -2.47. The van der Waals surface area contributed by atoms with Gasteiger partial charge in [0.25, 0.3) is 0 Å². The number of benzene rings is 1. The van der Waals surface area contributed by atoms with E-state index in [-0.39, 0.29) is 35.6 Å². The Hall–Kier alpha value is -1.17. The number of amides is 1.